The summed E-state index contributed by atoms with van der Waals surface area (Å²) >= 11 is -19.2. The molecule has 0 saturated carbocycles. The van der Waals surface area contributed by atoms with Gasteiger partial charge in [-0.2, -0.15) is 0 Å². The molecule has 0 radical (unpaired) electrons. The van der Waals surface area contributed by atoms with Gasteiger partial charge in [-0.25, -0.2) is 0 Å². The third-order valence-corrected chi connectivity index (χ3v) is 0. The van der Waals surface area contributed by atoms with Crippen molar-refractivity contribution in [2.75, 3.05) is 0 Å². The molecule has 0 aliphatic carbocycles. The average Bonchev–Trinajstić information content (AvgIpc) is 0.938. The predicted molar refractivity (Wildman–Crippen MR) is 28.8 cm³/mol. The SMILES string of the molecule is [Ca+2].[Ca+2].[Ca+2].[Ca+2].[Ca+2].[O-][I+]([O-])([O-])([O-])([O-])[O-].[O-][I+]([O-])([O-])([O-])([O-])[O-]. The second kappa shape index (κ2) is 10.7. The van der Waals surface area contributed by atoms with Crippen LogP contribution >= 0.6 is 0 Å². The van der Waals surface area contributed by atoms with Crippen LogP contribution in [-0.4, -0.2) is 189 Å². The van der Waals surface area contributed by atoms with Crippen molar-refractivity contribution in [3.05, 3.63) is 0 Å². The van der Waals surface area contributed by atoms with Gasteiger partial charge in [-0.15, -0.1) is 0 Å². The van der Waals surface area contributed by atoms with E-state index in [4.69, 9.17) is 41.2 Å². The van der Waals surface area contributed by atoms with Gasteiger partial charge in [-0.1, -0.05) is 0 Å². The van der Waals surface area contributed by atoms with Crippen LogP contribution in [-0.2, 0) is 0 Å². The number of rotatable bonds is 0. The number of hydrogen-bond acceptors (Lipinski definition) is 12. The molecular formula is Ca5I2O12. The van der Waals surface area contributed by atoms with Crippen molar-refractivity contribution in [2.24, 2.45) is 0 Å². The minimum absolute atomic E-state index is 0. The average molecular weight is 646 g/mol. The van der Waals surface area contributed by atoms with E-state index in [0.29, 0.717) is 0 Å². The van der Waals surface area contributed by atoms with E-state index in [-0.39, 0.29) is 189 Å². The van der Waals surface area contributed by atoms with E-state index >= 15 is 0 Å². The van der Waals surface area contributed by atoms with E-state index in [0.717, 1.165) is 0 Å². The predicted octanol–water partition coefficient (Wildman–Crippen LogP) is -22.2. The molecule has 12 nitrogen and oxygen atoms in total. The van der Waals surface area contributed by atoms with Gasteiger partial charge in [-0.05, 0) is 0 Å². The van der Waals surface area contributed by atoms with Gasteiger partial charge in [0.25, 0.3) is 0 Å². The molecule has 0 saturated heterocycles. The van der Waals surface area contributed by atoms with Gasteiger partial charge in [0.05, 0.1) is 0 Å². The summed E-state index contributed by atoms with van der Waals surface area (Å²) in [4.78, 5) is 0. The molecule has 0 fully saturated rings. The van der Waals surface area contributed by atoms with Gasteiger partial charge in [0, 0.05) is 0 Å². The van der Waals surface area contributed by atoms with Crippen molar-refractivity contribution < 1.29 is 77.5 Å². The molecule has 0 aromatic rings. The molecule has 96 valence electrons. The molecule has 0 bridgehead atoms. The summed E-state index contributed by atoms with van der Waals surface area (Å²) in [5.74, 6) is 0. The Hall–Kier alpha value is 7.28. The summed E-state index contributed by atoms with van der Waals surface area (Å²) in [5.41, 5.74) is 0. The van der Waals surface area contributed by atoms with E-state index in [1.807, 2.05) is 0 Å². The van der Waals surface area contributed by atoms with Crippen LogP contribution in [0.5, 0.6) is 0 Å². The third kappa shape index (κ3) is 259. The van der Waals surface area contributed by atoms with E-state index in [1.165, 1.54) is 0 Å². The van der Waals surface area contributed by atoms with Crippen LogP contribution in [0, 0.1) is 0 Å². The topological polar surface area (TPSA) is 277 Å². The summed E-state index contributed by atoms with van der Waals surface area (Å²) in [6, 6.07) is 0. The second-order valence-electron chi connectivity index (χ2n) is 1.89. The van der Waals surface area contributed by atoms with Crippen molar-refractivity contribution in [1.82, 2.24) is 0 Å². The molecule has 0 unspecified atom stereocenters. The van der Waals surface area contributed by atoms with Gasteiger partial charge < -0.3 is 0 Å². The fraction of sp³-hybridized carbons (Fsp3) is 0. The zero-order chi connectivity index (χ0) is 12.8. The summed E-state index contributed by atoms with van der Waals surface area (Å²) in [6.45, 7) is 0. The molecular weight excluding hydrogens is 646 g/mol. The molecule has 0 atom stereocenters. The molecule has 0 spiro atoms. The molecule has 0 rings (SSSR count). The Morgan fingerprint density at radius 1 is 0.263 bits per heavy atom. The first kappa shape index (κ1) is 45.2. The van der Waals surface area contributed by atoms with Gasteiger partial charge in [0.2, 0.25) is 0 Å². The maximum atomic E-state index is 8.66. The van der Waals surface area contributed by atoms with Crippen LogP contribution in [0.15, 0.2) is 0 Å². The minimum atomic E-state index is -9.62. The van der Waals surface area contributed by atoms with Crippen molar-refractivity contribution in [3.8, 4) is 0 Å². The van der Waals surface area contributed by atoms with Gasteiger partial charge >= 0.3 is 266 Å². The van der Waals surface area contributed by atoms with E-state index in [9.17, 15) is 0 Å². The van der Waals surface area contributed by atoms with Crippen molar-refractivity contribution >= 4 is 189 Å². The number of halogens is 2. The quantitative estimate of drug-likeness (QED) is 0.175. The van der Waals surface area contributed by atoms with E-state index in [2.05, 4.69) is 0 Å². The van der Waals surface area contributed by atoms with Crippen LogP contribution in [0.4, 0.5) is 0 Å². The van der Waals surface area contributed by atoms with Crippen LogP contribution in [0.2, 0.25) is 0 Å². The molecule has 19 heteroatoms. The first-order valence-electron chi connectivity index (χ1n) is 1.85. The zero-order valence-corrected chi connectivity index (χ0v) is 24.5. The standard InChI is InChI=1S/5Ca.2IO6/c;;;;;2*2-1(3,4,5,6)7/q5*+2;2*-5. The molecule has 0 heterocycles. The first-order chi connectivity index (χ1) is 4.90. The summed E-state index contributed by atoms with van der Waals surface area (Å²) in [7, 11) is 0. The Morgan fingerprint density at radius 3 is 0.263 bits per heavy atom. The molecule has 0 aliphatic heterocycles. The Kier molecular flexibility index (Phi) is 25.5. The summed E-state index contributed by atoms with van der Waals surface area (Å²) < 4.78 is 104. The maximum absolute atomic E-state index is 9.62. The Morgan fingerprint density at radius 2 is 0.263 bits per heavy atom. The van der Waals surface area contributed by atoms with Crippen LogP contribution < -0.4 is 77.5 Å². The van der Waals surface area contributed by atoms with Gasteiger partial charge in [0.15, 0.2) is 0 Å². The monoisotopic (exact) mass is 646 g/mol. The molecule has 19 heavy (non-hydrogen) atoms. The van der Waals surface area contributed by atoms with Gasteiger partial charge in [-0.3, -0.25) is 0 Å². The van der Waals surface area contributed by atoms with Crippen LogP contribution in [0.1, 0.15) is 0 Å². The van der Waals surface area contributed by atoms with E-state index in [1.54, 1.807) is 0 Å². The van der Waals surface area contributed by atoms with Gasteiger partial charge in [0.1, 0.15) is 0 Å². The summed E-state index contributed by atoms with van der Waals surface area (Å²) in [6.07, 6.45) is 0. The number of hydrogen-bond donors (Lipinski definition) is 0. The van der Waals surface area contributed by atoms with Crippen molar-refractivity contribution in [1.29, 1.82) is 0 Å². The van der Waals surface area contributed by atoms with Crippen LogP contribution in [0.25, 0.3) is 0 Å². The first-order valence-corrected chi connectivity index (χ1v) is 12.4. The Labute approximate surface area is 258 Å². The summed E-state index contributed by atoms with van der Waals surface area (Å²) in [5, 5.41) is 0. The third-order valence-electron chi connectivity index (χ3n) is 0. The molecule has 0 aromatic carbocycles. The Balaban J connectivity index is -0.0000000240. The van der Waals surface area contributed by atoms with Crippen molar-refractivity contribution in [2.45, 2.75) is 0 Å². The fourth-order valence-electron chi connectivity index (χ4n) is 0. The Bertz CT molecular complexity index is 171. The fourth-order valence-corrected chi connectivity index (χ4v) is 0. The van der Waals surface area contributed by atoms with E-state index < -0.39 is 36.3 Å². The zero-order valence-electron chi connectivity index (χ0n) is 9.19. The molecule has 0 amide bonds. The molecule has 0 aliphatic rings. The van der Waals surface area contributed by atoms with Crippen LogP contribution in [0.3, 0.4) is 0 Å². The molecule has 0 N–H and O–H groups in total. The van der Waals surface area contributed by atoms with Crippen molar-refractivity contribution in [3.63, 3.8) is 0 Å². The second-order valence-corrected chi connectivity index (χ2v) is 12.7. The molecule has 0 aromatic heterocycles. The normalized spacial score (nSPS) is 17.1.